The molecule has 25 heavy (non-hydrogen) atoms. The number of carbonyl (C=O) groups is 1. The van der Waals surface area contributed by atoms with Crippen LogP contribution in [0.15, 0.2) is 41.3 Å². The minimum absolute atomic E-state index is 0.0786. The van der Waals surface area contributed by atoms with Crippen molar-refractivity contribution in [2.24, 2.45) is 0 Å². The molecule has 0 aromatic heterocycles. The predicted octanol–water partition coefficient (Wildman–Crippen LogP) is 4.12. The monoisotopic (exact) mass is 379 g/mol. The summed E-state index contributed by atoms with van der Waals surface area (Å²) in [6, 6.07) is 9.85. The minimum Gasteiger partial charge on any atom is -0.379 e. The highest BCUT2D eigenvalue weighted by Crippen LogP contribution is 2.33. The molecule has 0 spiro atoms. The Morgan fingerprint density at radius 3 is 2.64 bits per heavy atom. The van der Waals surface area contributed by atoms with Crippen LogP contribution in [0.25, 0.3) is 0 Å². The third kappa shape index (κ3) is 3.80. The van der Waals surface area contributed by atoms with Crippen molar-refractivity contribution < 1.29 is 17.4 Å². The second-order valence-electron chi connectivity index (χ2n) is 6.25. The summed E-state index contributed by atoms with van der Waals surface area (Å²) in [5, 5.41) is 2.75. The van der Waals surface area contributed by atoms with Gasteiger partial charge in [-0.3, -0.25) is 4.79 Å². The molecule has 7 heteroatoms. The van der Waals surface area contributed by atoms with Crippen LogP contribution in [-0.4, -0.2) is 14.3 Å². The Balaban J connectivity index is 1.96. The lowest BCUT2D eigenvalue weighted by molar-refractivity contribution is -0.116. The largest absolute Gasteiger partial charge is 0.379 e. The fourth-order valence-corrected chi connectivity index (χ4v) is 4.14. The predicted molar refractivity (Wildman–Crippen MR) is 96.7 cm³/mol. The van der Waals surface area contributed by atoms with Crippen molar-refractivity contribution in [3.05, 3.63) is 52.5 Å². The van der Waals surface area contributed by atoms with Crippen LogP contribution in [0.1, 0.15) is 37.3 Å². The smallest absolute Gasteiger partial charge is 0.340 e. The molecule has 1 heterocycles. The van der Waals surface area contributed by atoms with Crippen LogP contribution < -0.4 is 9.50 Å². The van der Waals surface area contributed by atoms with Crippen molar-refractivity contribution in [2.45, 2.75) is 37.5 Å². The topological polar surface area (TPSA) is 72.5 Å². The maximum atomic E-state index is 12.7. The fraction of sp³-hybridized carbons (Fsp3) is 0.278. The number of aryl methyl sites for hydroxylation is 1. The van der Waals surface area contributed by atoms with E-state index in [4.69, 9.17) is 15.8 Å². The van der Waals surface area contributed by atoms with Gasteiger partial charge in [0.25, 0.3) is 0 Å². The van der Waals surface area contributed by atoms with E-state index in [0.29, 0.717) is 18.5 Å². The van der Waals surface area contributed by atoms with Crippen LogP contribution in [0.4, 0.5) is 5.69 Å². The number of benzene rings is 2. The molecule has 0 aliphatic carbocycles. The molecule has 5 nitrogen and oxygen atoms in total. The summed E-state index contributed by atoms with van der Waals surface area (Å²) in [5.41, 5.74) is 2.24. The standard InChI is InChI=1S/C18H18ClNO4S/c1-11(2)12-4-3-5-14(8-12)24-25(22,23)17-10-16-13(9-15(17)19)6-7-18(21)20-16/h3-5,8-11H,6-7H2,1-2H3,(H,20,21). The second kappa shape index (κ2) is 6.69. The molecular formula is C18H18ClNO4S. The summed E-state index contributed by atoms with van der Waals surface area (Å²) >= 11 is 6.16. The van der Waals surface area contributed by atoms with Gasteiger partial charge >= 0.3 is 10.1 Å². The Bertz CT molecular complexity index is 938. The molecule has 1 amide bonds. The highest BCUT2D eigenvalue weighted by molar-refractivity contribution is 7.87. The summed E-state index contributed by atoms with van der Waals surface area (Å²) in [6.07, 6.45) is 0.881. The van der Waals surface area contributed by atoms with Gasteiger partial charge in [0.15, 0.2) is 0 Å². The molecule has 0 saturated carbocycles. The van der Waals surface area contributed by atoms with Crippen molar-refractivity contribution in [1.29, 1.82) is 0 Å². The van der Waals surface area contributed by atoms with Crippen LogP contribution in [0.2, 0.25) is 5.02 Å². The van der Waals surface area contributed by atoms with Crippen molar-refractivity contribution >= 4 is 33.3 Å². The average molecular weight is 380 g/mol. The Hall–Kier alpha value is -2.05. The van der Waals surface area contributed by atoms with Crippen molar-refractivity contribution in [3.8, 4) is 5.75 Å². The molecule has 1 N–H and O–H groups in total. The van der Waals surface area contributed by atoms with Gasteiger partial charge in [0.05, 0.1) is 5.02 Å². The molecule has 1 aliphatic rings. The molecule has 2 aromatic carbocycles. The average Bonchev–Trinajstić information content (AvgIpc) is 2.54. The van der Waals surface area contributed by atoms with Crippen molar-refractivity contribution in [1.82, 2.24) is 0 Å². The number of nitrogens with one attached hydrogen (secondary N) is 1. The lowest BCUT2D eigenvalue weighted by Crippen LogP contribution is -2.20. The summed E-state index contributed by atoms with van der Waals surface area (Å²) < 4.78 is 30.6. The zero-order valence-electron chi connectivity index (χ0n) is 13.9. The first-order valence-electron chi connectivity index (χ1n) is 7.93. The molecule has 0 atom stereocenters. The van der Waals surface area contributed by atoms with Crippen LogP contribution in [-0.2, 0) is 21.3 Å². The number of fused-ring (bicyclic) bond motifs is 1. The fourth-order valence-electron chi connectivity index (χ4n) is 2.67. The first kappa shape index (κ1) is 17.8. The maximum absolute atomic E-state index is 12.7. The summed E-state index contributed by atoms with van der Waals surface area (Å²) in [5.74, 6) is 0.321. The van der Waals surface area contributed by atoms with Crippen LogP contribution in [0.5, 0.6) is 5.75 Å². The molecule has 0 radical (unpaired) electrons. The first-order valence-corrected chi connectivity index (χ1v) is 9.71. The van der Waals surface area contributed by atoms with Gasteiger partial charge in [0.2, 0.25) is 5.91 Å². The Morgan fingerprint density at radius 2 is 1.92 bits per heavy atom. The van der Waals surface area contributed by atoms with Crippen molar-refractivity contribution in [3.63, 3.8) is 0 Å². The number of halogens is 1. The Morgan fingerprint density at radius 1 is 1.16 bits per heavy atom. The maximum Gasteiger partial charge on any atom is 0.340 e. The van der Waals surface area contributed by atoms with Gasteiger partial charge in [-0.15, -0.1) is 0 Å². The van der Waals surface area contributed by atoms with Gasteiger partial charge < -0.3 is 9.50 Å². The minimum atomic E-state index is -4.12. The summed E-state index contributed by atoms with van der Waals surface area (Å²) in [4.78, 5) is 11.4. The van der Waals surface area contributed by atoms with E-state index in [9.17, 15) is 13.2 Å². The third-order valence-corrected chi connectivity index (χ3v) is 5.77. The number of rotatable bonds is 4. The molecule has 0 fully saturated rings. The number of amides is 1. The third-order valence-electron chi connectivity index (χ3n) is 4.05. The quantitative estimate of drug-likeness (QED) is 0.811. The summed E-state index contributed by atoms with van der Waals surface area (Å²) in [6.45, 7) is 4.02. The number of anilines is 1. The molecule has 1 aliphatic heterocycles. The van der Waals surface area contributed by atoms with Gasteiger partial charge in [0.1, 0.15) is 10.6 Å². The lowest BCUT2D eigenvalue weighted by Gasteiger charge is -2.19. The molecule has 0 bridgehead atoms. The zero-order chi connectivity index (χ0) is 18.2. The van der Waals surface area contributed by atoms with E-state index in [1.165, 1.54) is 6.07 Å². The van der Waals surface area contributed by atoms with E-state index in [0.717, 1.165) is 11.1 Å². The molecule has 2 aromatic rings. The van der Waals surface area contributed by atoms with E-state index in [2.05, 4.69) is 5.32 Å². The highest BCUT2D eigenvalue weighted by atomic mass is 35.5. The van der Waals surface area contributed by atoms with E-state index in [1.807, 2.05) is 19.9 Å². The number of hydrogen-bond donors (Lipinski definition) is 1. The van der Waals surface area contributed by atoms with Crippen molar-refractivity contribution in [2.75, 3.05) is 5.32 Å². The van der Waals surface area contributed by atoms with Crippen LogP contribution in [0, 0.1) is 0 Å². The summed E-state index contributed by atoms with van der Waals surface area (Å²) in [7, 11) is -4.12. The van der Waals surface area contributed by atoms with Gasteiger partial charge in [-0.1, -0.05) is 37.6 Å². The zero-order valence-corrected chi connectivity index (χ0v) is 15.4. The van der Waals surface area contributed by atoms with E-state index in [-0.39, 0.29) is 27.5 Å². The molecule has 0 saturated heterocycles. The molecular weight excluding hydrogens is 362 g/mol. The van der Waals surface area contributed by atoms with Crippen LogP contribution in [0.3, 0.4) is 0 Å². The Kier molecular flexibility index (Phi) is 4.75. The molecule has 132 valence electrons. The number of carbonyl (C=O) groups excluding carboxylic acids is 1. The Labute approximate surface area is 152 Å². The first-order chi connectivity index (χ1) is 11.8. The van der Waals surface area contributed by atoms with Gasteiger partial charge in [-0.25, -0.2) is 0 Å². The number of hydrogen-bond acceptors (Lipinski definition) is 4. The SMILES string of the molecule is CC(C)c1cccc(OS(=O)(=O)c2cc3c(cc2Cl)CCC(=O)N3)c1. The van der Waals surface area contributed by atoms with E-state index in [1.54, 1.807) is 24.3 Å². The van der Waals surface area contributed by atoms with E-state index >= 15 is 0 Å². The lowest BCUT2D eigenvalue weighted by atomic mass is 10.0. The van der Waals surface area contributed by atoms with Crippen LogP contribution >= 0.6 is 11.6 Å². The normalized spacial score (nSPS) is 14.2. The van der Waals surface area contributed by atoms with Gasteiger partial charge in [0, 0.05) is 12.1 Å². The van der Waals surface area contributed by atoms with Gasteiger partial charge in [-0.2, -0.15) is 8.42 Å². The van der Waals surface area contributed by atoms with Gasteiger partial charge in [-0.05, 0) is 47.7 Å². The molecule has 3 rings (SSSR count). The van der Waals surface area contributed by atoms with E-state index < -0.39 is 10.1 Å². The highest BCUT2D eigenvalue weighted by Gasteiger charge is 2.25. The second-order valence-corrected chi connectivity index (χ2v) is 8.17. The molecule has 0 unspecified atom stereocenters.